The van der Waals surface area contributed by atoms with Crippen molar-refractivity contribution in [1.82, 2.24) is 10.4 Å². The summed E-state index contributed by atoms with van der Waals surface area (Å²) in [5, 5.41) is 1.67. The summed E-state index contributed by atoms with van der Waals surface area (Å²) in [5.74, 6) is 4.48. The Balaban J connectivity index is 2.02. The summed E-state index contributed by atoms with van der Waals surface area (Å²) in [6.45, 7) is 10.6. The molecule has 1 heterocycles. The largest absolute Gasteiger partial charge is 0.303 e. The highest BCUT2D eigenvalue weighted by molar-refractivity contribution is 8.02. The number of hydrazine groups is 1. The van der Waals surface area contributed by atoms with E-state index in [1.807, 2.05) is 33.2 Å². The standard InChI is InChI=1S/C20H35ClN2OS2/c1-14(2)12-26-13-15-7-9-16(10-8-15)17-11-22-23(19(3,4)5)18(24)20(17,21)25-6/h11,14-16,22H,7-10,12-13H2,1-6H3. The number of thioether (sulfide) groups is 2. The first kappa shape index (κ1) is 22.3. The number of rotatable bonds is 6. The molecule has 1 aliphatic carbocycles. The molecule has 6 heteroatoms. The first-order valence-electron chi connectivity index (χ1n) is 9.72. The number of nitrogens with one attached hydrogen (secondary N) is 1. The molecule has 1 unspecified atom stereocenters. The van der Waals surface area contributed by atoms with Gasteiger partial charge in [0.1, 0.15) is 0 Å². The molecule has 1 atom stereocenters. The Hall–Kier alpha value is -0.000000000000000167. The van der Waals surface area contributed by atoms with Gasteiger partial charge in [-0.3, -0.25) is 4.79 Å². The topological polar surface area (TPSA) is 32.3 Å². The monoisotopic (exact) mass is 418 g/mol. The Bertz CT molecular complexity index is 524. The first-order chi connectivity index (χ1) is 12.1. The van der Waals surface area contributed by atoms with Crippen LogP contribution < -0.4 is 5.43 Å². The van der Waals surface area contributed by atoms with Crippen molar-refractivity contribution in [2.45, 2.75) is 70.0 Å². The van der Waals surface area contributed by atoms with Crippen LogP contribution in [0.15, 0.2) is 11.8 Å². The lowest BCUT2D eigenvalue weighted by Crippen LogP contribution is -2.61. The molecule has 0 saturated heterocycles. The quantitative estimate of drug-likeness (QED) is 0.576. The minimum Gasteiger partial charge on any atom is -0.303 e. The fourth-order valence-corrected chi connectivity index (χ4v) is 6.04. The van der Waals surface area contributed by atoms with Crippen LogP contribution >= 0.6 is 35.1 Å². The lowest BCUT2D eigenvalue weighted by molar-refractivity contribution is -0.140. The highest BCUT2D eigenvalue weighted by atomic mass is 35.5. The Morgan fingerprint density at radius 3 is 2.42 bits per heavy atom. The van der Waals surface area contributed by atoms with E-state index in [1.165, 1.54) is 36.1 Å². The molecule has 1 aliphatic heterocycles. The fourth-order valence-electron chi connectivity index (χ4n) is 3.75. The van der Waals surface area contributed by atoms with E-state index in [2.05, 4.69) is 31.0 Å². The van der Waals surface area contributed by atoms with E-state index in [0.29, 0.717) is 5.92 Å². The number of amides is 1. The normalized spacial score (nSPS) is 30.4. The van der Waals surface area contributed by atoms with Crippen LogP contribution in [-0.4, -0.2) is 38.4 Å². The van der Waals surface area contributed by atoms with Gasteiger partial charge in [-0.25, -0.2) is 5.01 Å². The van der Waals surface area contributed by atoms with Crippen molar-refractivity contribution in [2.24, 2.45) is 17.8 Å². The maximum atomic E-state index is 13.1. The van der Waals surface area contributed by atoms with E-state index in [-0.39, 0.29) is 11.4 Å². The minimum absolute atomic E-state index is 0.0359. The van der Waals surface area contributed by atoms with Gasteiger partial charge < -0.3 is 5.43 Å². The highest BCUT2D eigenvalue weighted by Crippen LogP contribution is 2.48. The second-order valence-corrected chi connectivity index (χ2v) is 11.9. The average Bonchev–Trinajstić information content (AvgIpc) is 2.56. The van der Waals surface area contributed by atoms with Crippen molar-refractivity contribution >= 4 is 41.0 Å². The molecule has 2 aliphatic rings. The summed E-state index contributed by atoms with van der Waals surface area (Å²) >= 11 is 10.5. The van der Waals surface area contributed by atoms with Gasteiger partial charge in [-0.2, -0.15) is 11.8 Å². The molecule has 1 saturated carbocycles. The maximum absolute atomic E-state index is 13.1. The van der Waals surface area contributed by atoms with E-state index < -0.39 is 4.21 Å². The zero-order chi connectivity index (χ0) is 19.5. The Morgan fingerprint density at radius 2 is 1.92 bits per heavy atom. The summed E-state index contributed by atoms with van der Waals surface area (Å²) in [6.07, 6.45) is 8.71. The van der Waals surface area contributed by atoms with Crippen molar-refractivity contribution < 1.29 is 4.79 Å². The molecule has 0 aromatic rings. The SMILES string of the molecule is CSC1(Cl)C(=O)N(C(C)(C)C)NC=C1C1CCC(CSCC(C)C)CC1. The number of halogens is 1. The van der Waals surface area contributed by atoms with Crippen molar-refractivity contribution in [3.8, 4) is 0 Å². The second kappa shape index (κ2) is 9.00. The average molecular weight is 419 g/mol. The van der Waals surface area contributed by atoms with Gasteiger partial charge in [-0.15, -0.1) is 11.8 Å². The van der Waals surface area contributed by atoms with Gasteiger partial charge in [0.05, 0.1) is 5.54 Å². The Kier molecular flexibility index (Phi) is 7.72. The number of nitrogens with zero attached hydrogens (tertiary/aromatic N) is 1. The van der Waals surface area contributed by atoms with Crippen LogP contribution in [0.2, 0.25) is 0 Å². The molecular weight excluding hydrogens is 384 g/mol. The second-order valence-electron chi connectivity index (χ2n) is 8.99. The Labute approximate surface area is 173 Å². The van der Waals surface area contributed by atoms with E-state index >= 15 is 0 Å². The van der Waals surface area contributed by atoms with Gasteiger partial charge in [-0.05, 0) is 87.5 Å². The third-order valence-corrected chi connectivity index (χ3v) is 8.67. The van der Waals surface area contributed by atoms with Crippen LogP contribution in [0.4, 0.5) is 0 Å². The highest BCUT2D eigenvalue weighted by Gasteiger charge is 2.50. The Morgan fingerprint density at radius 1 is 1.31 bits per heavy atom. The molecule has 2 rings (SSSR count). The smallest absolute Gasteiger partial charge is 0.277 e. The number of alkyl halides is 1. The molecular formula is C20H35ClN2OS2. The van der Waals surface area contributed by atoms with Crippen LogP contribution in [0, 0.1) is 17.8 Å². The zero-order valence-electron chi connectivity index (χ0n) is 17.1. The molecule has 1 fully saturated rings. The van der Waals surface area contributed by atoms with E-state index in [1.54, 1.807) is 5.01 Å². The van der Waals surface area contributed by atoms with Crippen LogP contribution in [0.3, 0.4) is 0 Å². The summed E-state index contributed by atoms with van der Waals surface area (Å²) < 4.78 is -0.970. The zero-order valence-corrected chi connectivity index (χ0v) is 19.5. The number of hydrogen-bond donors (Lipinski definition) is 1. The molecule has 3 nitrogen and oxygen atoms in total. The van der Waals surface area contributed by atoms with Crippen LogP contribution in [-0.2, 0) is 4.79 Å². The molecule has 1 amide bonds. The van der Waals surface area contributed by atoms with Gasteiger partial charge in [0.25, 0.3) is 5.91 Å². The van der Waals surface area contributed by atoms with Crippen LogP contribution in [0.5, 0.6) is 0 Å². The van der Waals surface area contributed by atoms with E-state index in [4.69, 9.17) is 11.6 Å². The number of carbonyl (C=O) groups excluding carboxylic acids is 1. The predicted molar refractivity (Wildman–Crippen MR) is 118 cm³/mol. The fraction of sp³-hybridized carbons (Fsp3) is 0.850. The van der Waals surface area contributed by atoms with Gasteiger partial charge in [0.15, 0.2) is 4.21 Å². The maximum Gasteiger partial charge on any atom is 0.277 e. The van der Waals surface area contributed by atoms with E-state index in [0.717, 1.165) is 30.3 Å². The number of hydrogen-bond acceptors (Lipinski definition) is 4. The van der Waals surface area contributed by atoms with Crippen molar-refractivity contribution in [1.29, 1.82) is 0 Å². The summed E-state index contributed by atoms with van der Waals surface area (Å²) in [7, 11) is 0. The first-order valence-corrected chi connectivity index (χ1v) is 12.5. The molecule has 0 aromatic heterocycles. The van der Waals surface area contributed by atoms with E-state index in [9.17, 15) is 4.79 Å². The summed E-state index contributed by atoms with van der Waals surface area (Å²) in [6, 6.07) is 0. The molecule has 0 aromatic carbocycles. The molecule has 26 heavy (non-hydrogen) atoms. The van der Waals surface area contributed by atoms with Gasteiger partial charge in [0, 0.05) is 6.20 Å². The third kappa shape index (κ3) is 5.08. The van der Waals surface area contributed by atoms with Gasteiger partial charge in [-0.1, -0.05) is 25.4 Å². The van der Waals surface area contributed by atoms with Crippen LogP contribution in [0.1, 0.15) is 60.3 Å². The van der Waals surface area contributed by atoms with Crippen LogP contribution in [0.25, 0.3) is 0 Å². The van der Waals surface area contributed by atoms with Crippen molar-refractivity contribution in [3.63, 3.8) is 0 Å². The van der Waals surface area contributed by atoms with Gasteiger partial charge in [0.2, 0.25) is 0 Å². The third-order valence-electron chi connectivity index (χ3n) is 5.24. The lowest BCUT2D eigenvalue weighted by Gasteiger charge is -2.46. The van der Waals surface area contributed by atoms with Crippen molar-refractivity contribution in [2.75, 3.05) is 17.8 Å². The predicted octanol–water partition coefficient (Wildman–Crippen LogP) is 5.51. The molecule has 1 N–H and O–H groups in total. The lowest BCUT2D eigenvalue weighted by atomic mass is 9.77. The molecule has 0 radical (unpaired) electrons. The molecule has 150 valence electrons. The summed E-state index contributed by atoms with van der Waals surface area (Å²) in [4.78, 5) is 13.1. The molecule has 0 bridgehead atoms. The minimum atomic E-state index is -0.970. The molecule has 0 spiro atoms. The van der Waals surface area contributed by atoms with Crippen molar-refractivity contribution in [3.05, 3.63) is 11.8 Å². The summed E-state index contributed by atoms with van der Waals surface area (Å²) in [5.41, 5.74) is 3.99. The number of carbonyl (C=O) groups is 1. The van der Waals surface area contributed by atoms with Gasteiger partial charge >= 0.3 is 0 Å².